The predicted octanol–water partition coefficient (Wildman–Crippen LogP) is 4.29. The molecule has 1 N–H and O–H groups in total. The van der Waals surface area contributed by atoms with Crippen LogP contribution in [-0.4, -0.2) is 34.6 Å². The number of thiophene rings is 1. The monoisotopic (exact) mass is 315 g/mol. The number of nitrogens with one attached hydrogen (secondary N) is 1. The van der Waals surface area contributed by atoms with E-state index in [9.17, 15) is 0 Å². The van der Waals surface area contributed by atoms with Crippen molar-refractivity contribution in [3.05, 3.63) is 22.4 Å². The quantitative estimate of drug-likeness (QED) is 0.806. The van der Waals surface area contributed by atoms with Gasteiger partial charge in [-0.1, -0.05) is 19.9 Å². The van der Waals surface area contributed by atoms with Crippen LogP contribution >= 0.6 is 34.9 Å². The Hall–Kier alpha value is 0.360. The van der Waals surface area contributed by atoms with Gasteiger partial charge < -0.3 is 5.32 Å². The molecule has 0 aliphatic carbocycles. The minimum atomic E-state index is 0.640. The molecule has 0 bridgehead atoms. The van der Waals surface area contributed by atoms with E-state index in [1.807, 2.05) is 11.3 Å². The SMILES string of the molecule is CCCNC(Cc1cccs1)C1SCCSC1CC. The van der Waals surface area contributed by atoms with Crippen molar-refractivity contribution in [1.82, 2.24) is 5.32 Å². The Labute approximate surface area is 130 Å². The highest BCUT2D eigenvalue weighted by molar-refractivity contribution is 8.07. The predicted molar refractivity (Wildman–Crippen MR) is 92.9 cm³/mol. The Morgan fingerprint density at radius 3 is 2.84 bits per heavy atom. The van der Waals surface area contributed by atoms with Crippen molar-refractivity contribution in [3.63, 3.8) is 0 Å². The summed E-state index contributed by atoms with van der Waals surface area (Å²) < 4.78 is 0. The van der Waals surface area contributed by atoms with Crippen LogP contribution in [0, 0.1) is 0 Å². The average molecular weight is 316 g/mol. The van der Waals surface area contributed by atoms with Crippen molar-refractivity contribution in [3.8, 4) is 0 Å². The zero-order valence-corrected chi connectivity index (χ0v) is 14.4. The minimum Gasteiger partial charge on any atom is -0.312 e. The Bertz CT molecular complexity index is 339. The summed E-state index contributed by atoms with van der Waals surface area (Å²) in [6.45, 7) is 5.75. The topological polar surface area (TPSA) is 12.0 Å². The standard InChI is InChI=1S/C15H25NS3/c1-3-7-16-13(11-12-6-5-8-17-12)15-14(4-2)18-9-10-19-15/h5-6,8,13-16H,3-4,7,9-11H2,1-2H3. The van der Waals surface area contributed by atoms with E-state index in [2.05, 4.69) is 60.2 Å². The first-order valence-electron chi connectivity index (χ1n) is 7.34. The Kier molecular flexibility index (Phi) is 7.13. The maximum Gasteiger partial charge on any atom is 0.0323 e. The maximum atomic E-state index is 3.81. The van der Waals surface area contributed by atoms with Crippen LogP contribution in [0.1, 0.15) is 31.6 Å². The minimum absolute atomic E-state index is 0.640. The fraction of sp³-hybridized carbons (Fsp3) is 0.733. The third kappa shape index (κ3) is 4.69. The summed E-state index contributed by atoms with van der Waals surface area (Å²) in [5.41, 5.74) is 0. The molecule has 19 heavy (non-hydrogen) atoms. The Morgan fingerprint density at radius 1 is 1.32 bits per heavy atom. The van der Waals surface area contributed by atoms with Crippen LogP contribution in [0.5, 0.6) is 0 Å². The largest absolute Gasteiger partial charge is 0.312 e. The summed E-state index contributed by atoms with van der Waals surface area (Å²) in [4.78, 5) is 1.53. The lowest BCUT2D eigenvalue weighted by atomic mass is 10.0. The molecule has 108 valence electrons. The van der Waals surface area contributed by atoms with E-state index in [0.717, 1.165) is 17.0 Å². The van der Waals surface area contributed by atoms with Crippen LogP contribution < -0.4 is 5.32 Å². The molecule has 1 aliphatic rings. The van der Waals surface area contributed by atoms with Crippen LogP contribution in [0.4, 0.5) is 0 Å². The Morgan fingerprint density at radius 2 is 2.16 bits per heavy atom. The molecular weight excluding hydrogens is 290 g/mol. The summed E-state index contributed by atoms with van der Waals surface area (Å²) in [6, 6.07) is 5.10. The lowest BCUT2D eigenvalue weighted by Gasteiger charge is -2.36. The second-order valence-electron chi connectivity index (χ2n) is 5.00. The highest BCUT2D eigenvalue weighted by Crippen LogP contribution is 2.36. The summed E-state index contributed by atoms with van der Waals surface area (Å²) >= 11 is 6.29. The van der Waals surface area contributed by atoms with Gasteiger partial charge in [0.1, 0.15) is 0 Å². The molecule has 2 heterocycles. The molecule has 1 nitrogen and oxygen atoms in total. The molecule has 0 saturated carbocycles. The van der Waals surface area contributed by atoms with Crippen LogP contribution in [0.25, 0.3) is 0 Å². The van der Waals surface area contributed by atoms with Crippen LogP contribution in [0.3, 0.4) is 0 Å². The van der Waals surface area contributed by atoms with Gasteiger partial charge in [0, 0.05) is 32.9 Å². The van der Waals surface area contributed by atoms with Gasteiger partial charge in [-0.15, -0.1) is 11.3 Å². The fourth-order valence-corrected chi connectivity index (χ4v) is 6.62. The first-order chi connectivity index (χ1) is 9.35. The lowest BCUT2D eigenvalue weighted by molar-refractivity contribution is 0.479. The van der Waals surface area contributed by atoms with Crippen molar-refractivity contribution in [2.24, 2.45) is 0 Å². The summed E-state index contributed by atoms with van der Waals surface area (Å²) in [5.74, 6) is 2.65. The number of thioether (sulfide) groups is 2. The molecule has 1 aromatic heterocycles. The van der Waals surface area contributed by atoms with E-state index >= 15 is 0 Å². The molecule has 0 radical (unpaired) electrons. The van der Waals surface area contributed by atoms with Crippen molar-refractivity contribution in [2.45, 2.75) is 49.7 Å². The van der Waals surface area contributed by atoms with E-state index in [0.29, 0.717) is 6.04 Å². The van der Waals surface area contributed by atoms with Crippen LogP contribution in [-0.2, 0) is 6.42 Å². The van der Waals surface area contributed by atoms with E-state index in [1.165, 1.54) is 35.6 Å². The third-order valence-corrected chi connectivity index (χ3v) is 7.85. The maximum absolute atomic E-state index is 3.81. The lowest BCUT2D eigenvalue weighted by Crippen LogP contribution is -2.46. The van der Waals surface area contributed by atoms with Crippen LogP contribution in [0.15, 0.2) is 17.5 Å². The van der Waals surface area contributed by atoms with Crippen molar-refractivity contribution >= 4 is 34.9 Å². The summed E-state index contributed by atoms with van der Waals surface area (Å²) in [7, 11) is 0. The van der Waals surface area contributed by atoms with Gasteiger partial charge in [-0.25, -0.2) is 0 Å². The van der Waals surface area contributed by atoms with Gasteiger partial charge in [-0.2, -0.15) is 23.5 Å². The van der Waals surface area contributed by atoms with Gasteiger partial charge in [0.15, 0.2) is 0 Å². The molecule has 0 aromatic carbocycles. The van der Waals surface area contributed by atoms with Gasteiger partial charge in [0.2, 0.25) is 0 Å². The summed E-state index contributed by atoms with van der Waals surface area (Å²) in [6.07, 6.45) is 3.73. The molecule has 0 amide bonds. The highest BCUT2D eigenvalue weighted by Gasteiger charge is 2.31. The van der Waals surface area contributed by atoms with Gasteiger partial charge in [-0.3, -0.25) is 0 Å². The van der Waals surface area contributed by atoms with Crippen molar-refractivity contribution in [2.75, 3.05) is 18.1 Å². The van der Waals surface area contributed by atoms with E-state index in [1.54, 1.807) is 0 Å². The molecule has 0 spiro atoms. The second kappa shape index (κ2) is 8.60. The molecule has 1 saturated heterocycles. The fourth-order valence-electron chi connectivity index (χ4n) is 2.59. The van der Waals surface area contributed by atoms with Gasteiger partial charge in [0.25, 0.3) is 0 Å². The average Bonchev–Trinajstić information content (AvgIpc) is 2.96. The van der Waals surface area contributed by atoms with Gasteiger partial charge in [0.05, 0.1) is 0 Å². The van der Waals surface area contributed by atoms with Gasteiger partial charge in [-0.05, 0) is 37.3 Å². The number of hydrogen-bond acceptors (Lipinski definition) is 4. The summed E-state index contributed by atoms with van der Waals surface area (Å²) in [5, 5.41) is 7.62. The zero-order chi connectivity index (χ0) is 13.5. The smallest absolute Gasteiger partial charge is 0.0323 e. The first kappa shape index (κ1) is 15.7. The molecule has 4 heteroatoms. The molecule has 2 rings (SSSR count). The first-order valence-corrected chi connectivity index (χ1v) is 10.3. The highest BCUT2D eigenvalue weighted by atomic mass is 32.2. The van der Waals surface area contributed by atoms with Crippen LogP contribution in [0.2, 0.25) is 0 Å². The molecule has 3 unspecified atom stereocenters. The van der Waals surface area contributed by atoms with E-state index < -0.39 is 0 Å². The van der Waals surface area contributed by atoms with E-state index in [4.69, 9.17) is 0 Å². The molecule has 1 aliphatic heterocycles. The van der Waals surface area contributed by atoms with Gasteiger partial charge >= 0.3 is 0 Å². The van der Waals surface area contributed by atoms with Crippen molar-refractivity contribution in [1.29, 1.82) is 0 Å². The normalized spacial score (nSPS) is 25.4. The zero-order valence-electron chi connectivity index (χ0n) is 11.9. The molecular formula is C15H25NS3. The third-order valence-electron chi connectivity index (χ3n) is 3.55. The second-order valence-corrected chi connectivity index (χ2v) is 8.66. The molecule has 3 atom stereocenters. The molecule has 1 aromatic rings. The van der Waals surface area contributed by atoms with Crippen molar-refractivity contribution < 1.29 is 0 Å². The Balaban J connectivity index is 2.01. The number of rotatable bonds is 7. The molecule has 1 fully saturated rings. The number of hydrogen-bond donors (Lipinski definition) is 1. The van der Waals surface area contributed by atoms with E-state index in [-0.39, 0.29) is 0 Å².